The molecule has 4 rings (SSSR count). The van der Waals surface area contributed by atoms with E-state index < -0.39 is 12.0 Å². The highest BCUT2D eigenvalue weighted by Crippen LogP contribution is 2.29. The number of thiophene rings is 1. The zero-order chi connectivity index (χ0) is 21.6. The van der Waals surface area contributed by atoms with Crippen molar-refractivity contribution in [2.24, 2.45) is 0 Å². The van der Waals surface area contributed by atoms with Crippen LogP contribution in [0.25, 0.3) is 0 Å². The Bertz CT molecular complexity index is 904. The maximum Gasteiger partial charge on any atom is 0.338 e. The third-order valence-corrected chi connectivity index (χ3v) is 6.16. The normalized spacial score (nSPS) is 21.3. The lowest BCUT2D eigenvalue weighted by Crippen LogP contribution is -2.49. The third kappa shape index (κ3) is 5.36. The molecule has 166 valence electrons. The number of ether oxygens (including phenoxy) is 2. The number of nitrogens with one attached hydrogen (secondary N) is 2. The Morgan fingerprint density at radius 3 is 2.90 bits per heavy atom. The monoisotopic (exact) mass is 445 g/mol. The quantitative estimate of drug-likeness (QED) is 0.576. The largest absolute Gasteiger partial charge is 0.467 e. The number of urea groups is 1. The van der Waals surface area contributed by atoms with Crippen LogP contribution >= 0.6 is 11.3 Å². The third-order valence-electron chi connectivity index (χ3n) is 5.30. The van der Waals surface area contributed by atoms with Crippen molar-refractivity contribution >= 4 is 23.3 Å². The van der Waals surface area contributed by atoms with Crippen molar-refractivity contribution in [1.29, 1.82) is 0 Å². The second-order valence-electron chi connectivity index (χ2n) is 7.54. The van der Waals surface area contributed by atoms with E-state index in [2.05, 4.69) is 21.6 Å². The summed E-state index contributed by atoms with van der Waals surface area (Å²) in [5.74, 6) is 0.0129. The Kier molecular flexibility index (Phi) is 7.06. The summed E-state index contributed by atoms with van der Waals surface area (Å²) >= 11 is 1.68. The summed E-state index contributed by atoms with van der Waals surface area (Å²) in [6.07, 6.45) is 3.72. The van der Waals surface area contributed by atoms with Gasteiger partial charge in [0.15, 0.2) is 0 Å². The van der Waals surface area contributed by atoms with Gasteiger partial charge in [-0.25, -0.2) is 9.59 Å². The van der Waals surface area contributed by atoms with Gasteiger partial charge in [0.25, 0.3) is 0 Å². The molecule has 2 aliphatic rings. The predicted octanol–water partition coefficient (Wildman–Crippen LogP) is 3.19. The Hall–Kier alpha value is -2.62. The highest BCUT2D eigenvalue weighted by Gasteiger charge is 2.36. The summed E-state index contributed by atoms with van der Waals surface area (Å²) in [5.41, 5.74) is 0.887. The average Bonchev–Trinajstić information content (AvgIpc) is 3.51. The van der Waals surface area contributed by atoms with Crippen molar-refractivity contribution in [2.45, 2.75) is 38.5 Å². The lowest BCUT2D eigenvalue weighted by Gasteiger charge is -2.32. The molecule has 0 spiro atoms. The number of carbonyl (C=O) groups is 2. The number of carbonyl (C=O) groups excluding carboxylic acids is 2. The van der Waals surface area contributed by atoms with Crippen LogP contribution in [-0.2, 0) is 20.8 Å². The fourth-order valence-corrected chi connectivity index (χ4v) is 4.72. The fraction of sp³-hybridized carbons (Fsp3) is 0.455. The molecule has 2 amide bonds. The van der Waals surface area contributed by atoms with Gasteiger partial charge in [-0.2, -0.15) is 0 Å². The number of hydrogen-bond donors (Lipinski definition) is 2. The summed E-state index contributed by atoms with van der Waals surface area (Å²) in [6, 6.07) is 6.49. The summed E-state index contributed by atoms with van der Waals surface area (Å²) in [5, 5.41) is 7.67. The van der Waals surface area contributed by atoms with Gasteiger partial charge in [0.2, 0.25) is 0 Å². The molecule has 2 atom stereocenters. The lowest BCUT2D eigenvalue weighted by molar-refractivity contribution is -0.139. The number of nitrogens with zero attached hydrogens (tertiary/aromatic N) is 1. The van der Waals surface area contributed by atoms with Crippen molar-refractivity contribution in [3.8, 4) is 0 Å². The second kappa shape index (κ2) is 10.1. The standard InChI is InChI=1S/C22H27N3O5S/c1-2-28-21(26)19-17(23-22(27)24-20(19)18-8-4-10-30-18)14-25(12-15-6-3-9-29-15)13-16-7-5-11-31-16/h4-5,7-8,10-11,15,20H,2-3,6,9,12-14H2,1H3,(H2,23,24,27)/t15-,20-/m0/s1. The summed E-state index contributed by atoms with van der Waals surface area (Å²) in [6.45, 7) is 4.57. The molecule has 9 heteroatoms. The van der Waals surface area contributed by atoms with Crippen molar-refractivity contribution in [2.75, 3.05) is 26.3 Å². The summed E-state index contributed by atoms with van der Waals surface area (Å²) in [4.78, 5) is 28.8. The van der Waals surface area contributed by atoms with Gasteiger partial charge in [0, 0.05) is 36.8 Å². The molecular weight excluding hydrogens is 418 g/mol. The van der Waals surface area contributed by atoms with Crippen LogP contribution in [0.1, 0.15) is 36.4 Å². The molecule has 0 unspecified atom stereocenters. The maximum absolute atomic E-state index is 12.9. The van der Waals surface area contributed by atoms with Crippen molar-refractivity contribution in [3.05, 3.63) is 57.8 Å². The van der Waals surface area contributed by atoms with Crippen LogP contribution in [0.15, 0.2) is 51.6 Å². The Morgan fingerprint density at radius 2 is 2.23 bits per heavy atom. The highest BCUT2D eigenvalue weighted by atomic mass is 32.1. The first-order valence-electron chi connectivity index (χ1n) is 10.5. The molecule has 0 bridgehead atoms. The second-order valence-corrected chi connectivity index (χ2v) is 8.58. The Balaban J connectivity index is 1.65. The van der Waals surface area contributed by atoms with Crippen LogP contribution in [0.3, 0.4) is 0 Å². The molecule has 0 saturated carbocycles. The van der Waals surface area contributed by atoms with Crippen molar-refractivity contribution in [1.82, 2.24) is 15.5 Å². The van der Waals surface area contributed by atoms with Gasteiger partial charge < -0.3 is 24.5 Å². The molecule has 0 aliphatic carbocycles. The van der Waals surface area contributed by atoms with Gasteiger partial charge in [-0.15, -0.1) is 11.3 Å². The van der Waals surface area contributed by atoms with E-state index in [0.29, 0.717) is 36.7 Å². The van der Waals surface area contributed by atoms with E-state index in [1.165, 1.54) is 11.1 Å². The van der Waals surface area contributed by atoms with Crippen LogP contribution in [0.2, 0.25) is 0 Å². The van der Waals surface area contributed by atoms with Gasteiger partial charge >= 0.3 is 12.0 Å². The van der Waals surface area contributed by atoms with Crippen LogP contribution in [0, 0.1) is 0 Å². The summed E-state index contributed by atoms with van der Waals surface area (Å²) in [7, 11) is 0. The molecule has 2 aliphatic heterocycles. The number of hydrogen-bond acceptors (Lipinski definition) is 7. The van der Waals surface area contributed by atoms with Crippen molar-refractivity contribution in [3.63, 3.8) is 0 Å². The molecule has 2 aromatic heterocycles. The maximum atomic E-state index is 12.9. The fourth-order valence-electron chi connectivity index (χ4n) is 3.97. The first-order valence-corrected chi connectivity index (χ1v) is 11.4. The van der Waals surface area contributed by atoms with E-state index in [1.807, 2.05) is 11.4 Å². The molecule has 0 radical (unpaired) electrons. The Labute approximate surface area is 185 Å². The van der Waals surface area contributed by atoms with Crippen LogP contribution in [0.5, 0.6) is 0 Å². The minimum atomic E-state index is -0.705. The number of amides is 2. The van der Waals surface area contributed by atoms with Crippen LogP contribution in [0.4, 0.5) is 4.79 Å². The molecule has 8 nitrogen and oxygen atoms in total. The first-order chi connectivity index (χ1) is 15.1. The van der Waals surface area contributed by atoms with Gasteiger partial charge in [-0.1, -0.05) is 6.07 Å². The number of furan rings is 1. The Morgan fingerprint density at radius 1 is 1.32 bits per heavy atom. The van der Waals surface area contributed by atoms with Crippen LogP contribution < -0.4 is 10.6 Å². The summed E-state index contributed by atoms with van der Waals surface area (Å²) < 4.78 is 16.7. The van der Waals surface area contributed by atoms with E-state index >= 15 is 0 Å². The molecule has 2 N–H and O–H groups in total. The molecule has 1 fully saturated rings. The van der Waals surface area contributed by atoms with Gasteiger partial charge in [0.1, 0.15) is 11.8 Å². The van der Waals surface area contributed by atoms with E-state index in [1.54, 1.807) is 30.4 Å². The highest BCUT2D eigenvalue weighted by molar-refractivity contribution is 7.09. The number of esters is 1. The topological polar surface area (TPSA) is 93.0 Å². The molecule has 0 aromatic carbocycles. The molecule has 4 heterocycles. The zero-order valence-corrected chi connectivity index (χ0v) is 18.3. The smallest absolute Gasteiger partial charge is 0.338 e. The van der Waals surface area contributed by atoms with E-state index in [9.17, 15) is 9.59 Å². The zero-order valence-electron chi connectivity index (χ0n) is 17.5. The minimum Gasteiger partial charge on any atom is -0.467 e. The van der Waals surface area contributed by atoms with Gasteiger partial charge in [-0.05, 0) is 43.3 Å². The average molecular weight is 446 g/mol. The lowest BCUT2D eigenvalue weighted by atomic mass is 9.99. The molecular formula is C22H27N3O5S. The van der Waals surface area contributed by atoms with E-state index in [-0.39, 0.29) is 18.7 Å². The van der Waals surface area contributed by atoms with Crippen molar-refractivity contribution < 1.29 is 23.5 Å². The van der Waals surface area contributed by atoms with E-state index in [0.717, 1.165) is 19.4 Å². The van der Waals surface area contributed by atoms with Gasteiger partial charge in [0.05, 0.1) is 24.5 Å². The molecule has 2 aromatic rings. The predicted molar refractivity (Wildman–Crippen MR) is 115 cm³/mol. The van der Waals surface area contributed by atoms with Gasteiger partial charge in [-0.3, -0.25) is 4.90 Å². The number of rotatable bonds is 9. The van der Waals surface area contributed by atoms with Crippen LogP contribution in [-0.4, -0.2) is 49.3 Å². The molecule has 1 saturated heterocycles. The minimum absolute atomic E-state index is 0.143. The van der Waals surface area contributed by atoms with E-state index in [4.69, 9.17) is 13.9 Å². The first kappa shape index (κ1) is 21.6. The molecule has 31 heavy (non-hydrogen) atoms. The SMILES string of the molecule is CCOC(=O)C1=C(CN(Cc2cccs2)C[C@@H]2CCCO2)NC(=O)N[C@H]1c1ccco1.